The molecule has 0 spiro atoms. The van der Waals surface area contributed by atoms with Crippen LogP contribution >= 0.6 is 0 Å². The van der Waals surface area contributed by atoms with E-state index >= 15 is 0 Å². The standard InChI is InChI=1S/C21H23FN2O3S/c1-15(25)24-12-2-3-16-13-19(8-9-20(16)24)28(26,27)23-14-21(10-11-21)17-4-6-18(22)7-5-17/h4-9,13,23H,2-3,10-12,14H2,1H3. The number of sulfonamides is 1. The lowest BCUT2D eigenvalue weighted by molar-refractivity contribution is -0.116. The minimum Gasteiger partial charge on any atom is -0.312 e. The average Bonchev–Trinajstić information content (AvgIpc) is 3.47. The SMILES string of the molecule is CC(=O)N1CCCc2cc(S(=O)(=O)NCC3(c4ccc(F)cc4)CC3)ccc21. The fraction of sp³-hybridized carbons (Fsp3) is 0.381. The largest absolute Gasteiger partial charge is 0.312 e. The zero-order chi connectivity index (χ0) is 19.9. The first-order valence-corrected chi connectivity index (χ1v) is 11.0. The van der Waals surface area contributed by atoms with E-state index in [2.05, 4.69) is 4.72 Å². The molecule has 0 radical (unpaired) electrons. The molecule has 0 bridgehead atoms. The quantitative estimate of drug-likeness (QED) is 0.836. The van der Waals surface area contributed by atoms with Crippen molar-refractivity contribution in [2.45, 2.75) is 42.9 Å². The summed E-state index contributed by atoms with van der Waals surface area (Å²) in [5.41, 5.74) is 2.38. The van der Waals surface area contributed by atoms with E-state index in [1.165, 1.54) is 19.1 Å². The number of nitrogens with one attached hydrogen (secondary N) is 1. The van der Waals surface area contributed by atoms with Crippen molar-refractivity contribution in [1.29, 1.82) is 0 Å². The second kappa shape index (κ2) is 6.97. The molecule has 0 aromatic heterocycles. The maximum absolute atomic E-state index is 13.2. The third kappa shape index (κ3) is 3.56. The number of halogens is 1. The first kappa shape index (κ1) is 19.1. The number of aryl methyl sites for hydroxylation is 1. The van der Waals surface area contributed by atoms with Crippen molar-refractivity contribution in [2.75, 3.05) is 18.0 Å². The highest BCUT2D eigenvalue weighted by Crippen LogP contribution is 2.47. The molecule has 1 aliphatic carbocycles. The zero-order valence-electron chi connectivity index (χ0n) is 15.7. The first-order chi connectivity index (χ1) is 13.3. The number of fused-ring (bicyclic) bond motifs is 1. The minimum absolute atomic E-state index is 0.0374. The molecule has 1 N–H and O–H groups in total. The molecule has 5 nitrogen and oxygen atoms in total. The summed E-state index contributed by atoms with van der Waals surface area (Å²) in [6.07, 6.45) is 3.32. The lowest BCUT2D eigenvalue weighted by Gasteiger charge is -2.29. The van der Waals surface area contributed by atoms with Crippen LogP contribution in [0.4, 0.5) is 10.1 Å². The van der Waals surface area contributed by atoms with Gasteiger partial charge < -0.3 is 4.90 Å². The highest BCUT2D eigenvalue weighted by atomic mass is 32.2. The molecule has 2 aromatic carbocycles. The molecular formula is C21H23FN2O3S. The predicted molar refractivity (Wildman–Crippen MR) is 105 cm³/mol. The van der Waals surface area contributed by atoms with Crippen molar-refractivity contribution in [1.82, 2.24) is 4.72 Å². The summed E-state index contributed by atoms with van der Waals surface area (Å²) in [7, 11) is -3.67. The van der Waals surface area contributed by atoms with Crippen LogP contribution in [0.25, 0.3) is 0 Å². The van der Waals surface area contributed by atoms with Gasteiger partial charge >= 0.3 is 0 Å². The Labute approximate surface area is 164 Å². The minimum atomic E-state index is -3.67. The van der Waals surface area contributed by atoms with Gasteiger partial charge in [0.15, 0.2) is 0 Å². The number of anilines is 1. The van der Waals surface area contributed by atoms with Crippen molar-refractivity contribution in [3.63, 3.8) is 0 Å². The van der Waals surface area contributed by atoms with Crippen LogP contribution in [0.1, 0.15) is 37.3 Å². The van der Waals surface area contributed by atoms with Gasteiger partial charge in [-0.25, -0.2) is 17.5 Å². The monoisotopic (exact) mass is 402 g/mol. The van der Waals surface area contributed by atoms with Gasteiger partial charge in [0.1, 0.15) is 5.82 Å². The van der Waals surface area contributed by atoms with Gasteiger partial charge in [-0.05, 0) is 67.1 Å². The van der Waals surface area contributed by atoms with E-state index in [-0.39, 0.29) is 28.6 Å². The molecular weight excluding hydrogens is 379 g/mol. The Balaban J connectivity index is 1.53. The Morgan fingerprint density at radius 1 is 1.18 bits per heavy atom. The van der Waals surface area contributed by atoms with Crippen LogP contribution in [0.15, 0.2) is 47.4 Å². The number of hydrogen-bond acceptors (Lipinski definition) is 3. The molecule has 2 aromatic rings. The van der Waals surface area contributed by atoms with Crippen molar-refractivity contribution in [3.8, 4) is 0 Å². The summed E-state index contributed by atoms with van der Waals surface area (Å²) in [4.78, 5) is 13.7. The van der Waals surface area contributed by atoms with Gasteiger partial charge in [0.2, 0.25) is 15.9 Å². The van der Waals surface area contributed by atoms with Gasteiger partial charge in [-0.1, -0.05) is 12.1 Å². The molecule has 0 atom stereocenters. The smallest absolute Gasteiger partial charge is 0.240 e. The van der Waals surface area contributed by atoms with Crippen LogP contribution in [0.3, 0.4) is 0 Å². The van der Waals surface area contributed by atoms with Crippen LogP contribution in [0.2, 0.25) is 0 Å². The van der Waals surface area contributed by atoms with Crippen LogP contribution in [-0.2, 0) is 26.7 Å². The van der Waals surface area contributed by atoms with Crippen molar-refractivity contribution in [3.05, 3.63) is 59.4 Å². The Hall–Kier alpha value is -2.25. The number of carbonyl (C=O) groups is 1. The summed E-state index contributed by atoms with van der Waals surface area (Å²) in [6.45, 7) is 2.47. The summed E-state index contributed by atoms with van der Waals surface area (Å²) >= 11 is 0. The molecule has 0 unspecified atom stereocenters. The van der Waals surface area contributed by atoms with Crippen LogP contribution in [0, 0.1) is 5.82 Å². The topological polar surface area (TPSA) is 66.5 Å². The van der Waals surface area contributed by atoms with E-state index in [4.69, 9.17) is 0 Å². The van der Waals surface area contributed by atoms with Gasteiger partial charge in [-0.2, -0.15) is 0 Å². The van der Waals surface area contributed by atoms with E-state index in [0.717, 1.165) is 42.5 Å². The van der Waals surface area contributed by atoms with E-state index < -0.39 is 10.0 Å². The Bertz CT molecular complexity index is 1010. The van der Waals surface area contributed by atoms with E-state index in [1.54, 1.807) is 35.2 Å². The average molecular weight is 402 g/mol. The van der Waals surface area contributed by atoms with E-state index in [0.29, 0.717) is 6.54 Å². The Morgan fingerprint density at radius 2 is 1.89 bits per heavy atom. The second-order valence-corrected chi connectivity index (χ2v) is 9.44. The van der Waals surface area contributed by atoms with E-state index in [9.17, 15) is 17.6 Å². The molecule has 0 saturated heterocycles. The number of nitrogens with zero attached hydrogens (tertiary/aromatic N) is 1. The highest BCUT2D eigenvalue weighted by Gasteiger charge is 2.44. The summed E-state index contributed by atoms with van der Waals surface area (Å²) in [5.74, 6) is -0.335. The molecule has 1 saturated carbocycles. The fourth-order valence-electron chi connectivity index (χ4n) is 3.91. The molecule has 2 aliphatic rings. The molecule has 1 amide bonds. The lowest BCUT2D eigenvalue weighted by Crippen LogP contribution is -2.34. The van der Waals surface area contributed by atoms with Gasteiger partial charge in [0.05, 0.1) is 4.90 Å². The number of rotatable bonds is 5. The first-order valence-electron chi connectivity index (χ1n) is 9.48. The normalized spacial score (nSPS) is 17.9. The Kier molecular flexibility index (Phi) is 4.75. The fourth-order valence-corrected chi connectivity index (χ4v) is 5.08. The Morgan fingerprint density at radius 3 is 2.54 bits per heavy atom. The molecule has 7 heteroatoms. The molecule has 28 heavy (non-hydrogen) atoms. The summed E-state index contributed by atoms with van der Waals surface area (Å²) < 4.78 is 41.6. The summed E-state index contributed by atoms with van der Waals surface area (Å²) in [6, 6.07) is 11.2. The predicted octanol–water partition coefficient (Wildman–Crippen LogP) is 3.13. The molecule has 1 heterocycles. The zero-order valence-corrected chi connectivity index (χ0v) is 16.6. The molecule has 4 rings (SSSR count). The van der Waals surface area contributed by atoms with Crippen molar-refractivity contribution < 1.29 is 17.6 Å². The molecule has 1 aliphatic heterocycles. The second-order valence-electron chi connectivity index (χ2n) is 7.68. The van der Waals surface area contributed by atoms with E-state index in [1.807, 2.05) is 0 Å². The third-order valence-electron chi connectivity index (χ3n) is 5.77. The van der Waals surface area contributed by atoms with Crippen molar-refractivity contribution >= 4 is 21.6 Å². The summed E-state index contributed by atoms with van der Waals surface area (Å²) in [5, 5.41) is 0. The number of hydrogen-bond donors (Lipinski definition) is 1. The highest BCUT2D eigenvalue weighted by molar-refractivity contribution is 7.89. The van der Waals surface area contributed by atoms with Crippen LogP contribution in [-0.4, -0.2) is 27.4 Å². The third-order valence-corrected chi connectivity index (χ3v) is 7.17. The number of amides is 1. The van der Waals surface area contributed by atoms with Gasteiger partial charge in [-0.3, -0.25) is 4.79 Å². The van der Waals surface area contributed by atoms with Crippen LogP contribution < -0.4 is 9.62 Å². The molecule has 1 fully saturated rings. The van der Waals surface area contributed by atoms with Gasteiger partial charge in [0.25, 0.3) is 0 Å². The number of carbonyl (C=O) groups excluding carboxylic acids is 1. The van der Waals surface area contributed by atoms with Crippen molar-refractivity contribution in [2.24, 2.45) is 0 Å². The maximum atomic E-state index is 13.2. The maximum Gasteiger partial charge on any atom is 0.240 e. The van der Waals surface area contributed by atoms with Crippen LogP contribution in [0.5, 0.6) is 0 Å². The lowest BCUT2D eigenvalue weighted by atomic mass is 9.96. The number of benzene rings is 2. The molecule has 148 valence electrons. The van der Waals surface area contributed by atoms with Gasteiger partial charge in [-0.15, -0.1) is 0 Å². The van der Waals surface area contributed by atoms with Gasteiger partial charge in [0, 0.05) is 31.1 Å².